The van der Waals surface area contributed by atoms with Crippen molar-refractivity contribution in [1.82, 2.24) is 5.32 Å². The van der Waals surface area contributed by atoms with E-state index in [1.54, 1.807) is 0 Å². The van der Waals surface area contributed by atoms with Crippen molar-refractivity contribution >= 4 is 41.5 Å². The minimum Gasteiger partial charge on any atom is -0.480 e. The molecule has 0 rings (SSSR count). The van der Waals surface area contributed by atoms with Crippen molar-refractivity contribution in [3.63, 3.8) is 0 Å². The van der Waals surface area contributed by atoms with Crippen LogP contribution in [0.4, 0.5) is 0 Å². The molecule has 0 aromatic carbocycles. The number of rotatable bonds is 24. The highest BCUT2D eigenvalue weighted by Gasteiger charge is 2.29. The van der Waals surface area contributed by atoms with Crippen LogP contribution < -0.4 is 16.8 Å². The molecule has 0 aliphatic carbocycles. The van der Waals surface area contributed by atoms with Crippen LogP contribution in [0.25, 0.3) is 0 Å². The molecule has 0 unspecified atom stereocenters. The second kappa shape index (κ2) is 21.7. The zero-order chi connectivity index (χ0) is 28.1. The lowest BCUT2D eigenvalue weighted by Gasteiger charge is -2.20. The molecule has 0 heterocycles. The van der Waals surface area contributed by atoms with E-state index in [4.69, 9.17) is 21.3 Å². The molecule has 0 aliphatic heterocycles. The molecule has 0 saturated heterocycles. The van der Waals surface area contributed by atoms with Gasteiger partial charge in [0.2, 0.25) is 17.9 Å². The van der Waals surface area contributed by atoms with Gasteiger partial charge in [-0.1, -0.05) is 71.1 Å². The molecular formula is C25H45N3O8S. The largest absolute Gasteiger partial charge is 0.480 e. The molecule has 12 heteroatoms. The first-order valence-corrected chi connectivity index (χ1v) is 14.3. The fourth-order valence-corrected chi connectivity index (χ4v) is 4.46. The number of esters is 1. The van der Waals surface area contributed by atoms with Gasteiger partial charge in [-0.25, -0.2) is 9.59 Å². The van der Waals surface area contributed by atoms with Gasteiger partial charge in [0.1, 0.15) is 12.1 Å². The maximum atomic E-state index is 12.6. The summed E-state index contributed by atoms with van der Waals surface area (Å²) in [5.41, 5.74) is 10.5. The van der Waals surface area contributed by atoms with Gasteiger partial charge >= 0.3 is 17.9 Å². The van der Waals surface area contributed by atoms with E-state index in [0.717, 1.165) is 31.0 Å². The maximum absolute atomic E-state index is 12.6. The molecule has 0 saturated carbocycles. The van der Waals surface area contributed by atoms with Crippen molar-refractivity contribution in [3.05, 3.63) is 0 Å². The van der Waals surface area contributed by atoms with E-state index >= 15 is 0 Å². The number of unbranched alkanes of at least 4 members (excludes halogenated alkanes) is 10. The Morgan fingerprint density at radius 1 is 0.811 bits per heavy atom. The van der Waals surface area contributed by atoms with Crippen LogP contribution in [0, 0.1) is 0 Å². The van der Waals surface area contributed by atoms with Crippen LogP contribution in [0.15, 0.2) is 0 Å². The van der Waals surface area contributed by atoms with Gasteiger partial charge in [-0.3, -0.25) is 14.4 Å². The molecule has 0 aliphatic rings. The molecule has 11 nitrogen and oxygen atoms in total. The van der Waals surface area contributed by atoms with Gasteiger partial charge in [0.15, 0.2) is 0 Å². The average Bonchev–Trinajstić information content (AvgIpc) is 2.83. The lowest BCUT2D eigenvalue weighted by molar-refractivity contribution is -0.164. The zero-order valence-corrected chi connectivity index (χ0v) is 22.8. The lowest BCUT2D eigenvalue weighted by atomic mass is 10.0. The summed E-state index contributed by atoms with van der Waals surface area (Å²) in [4.78, 5) is 58.4. The standard InChI is InChI=1S/C25H45N3O8S/c1-2-3-4-5-6-7-8-9-10-11-12-13-22(30)28-19(14-15-21(27)29)25(35)36-20(24(33)34)17-37-16-18(26)23(31)32/h18-20H,2-17,26H2,1H3,(H2,27,29)(H,28,30)(H,31,32)(H,33,34)/t18-,19+,20+/m0/s1. The molecule has 0 radical (unpaired) electrons. The van der Waals surface area contributed by atoms with Crippen molar-refractivity contribution in [1.29, 1.82) is 0 Å². The van der Waals surface area contributed by atoms with Crippen LogP contribution in [0.1, 0.15) is 96.8 Å². The first-order valence-electron chi connectivity index (χ1n) is 13.2. The number of nitrogens with one attached hydrogen (secondary N) is 1. The monoisotopic (exact) mass is 547 g/mol. The molecule has 2 amide bonds. The smallest absolute Gasteiger partial charge is 0.345 e. The number of nitrogens with two attached hydrogens (primary N) is 2. The predicted molar refractivity (Wildman–Crippen MR) is 142 cm³/mol. The molecular weight excluding hydrogens is 502 g/mol. The number of thioether (sulfide) groups is 1. The van der Waals surface area contributed by atoms with Crippen LogP contribution in [0.3, 0.4) is 0 Å². The van der Waals surface area contributed by atoms with Crippen molar-refractivity contribution in [2.24, 2.45) is 11.5 Å². The molecule has 3 atom stereocenters. The van der Waals surface area contributed by atoms with Crippen LogP contribution in [0.2, 0.25) is 0 Å². The van der Waals surface area contributed by atoms with Crippen LogP contribution in [0.5, 0.6) is 0 Å². The number of ether oxygens (including phenoxy) is 1. The van der Waals surface area contributed by atoms with E-state index < -0.39 is 47.9 Å². The second-order valence-electron chi connectivity index (χ2n) is 9.16. The number of primary amides is 1. The minimum atomic E-state index is -1.57. The van der Waals surface area contributed by atoms with Gasteiger partial charge in [-0.2, -0.15) is 11.8 Å². The third-order valence-corrected chi connectivity index (χ3v) is 6.86. The number of hydrogen-bond donors (Lipinski definition) is 5. The van der Waals surface area contributed by atoms with Crippen LogP contribution in [-0.4, -0.2) is 69.6 Å². The van der Waals surface area contributed by atoms with E-state index in [1.807, 2.05) is 0 Å². The molecule has 0 fully saturated rings. The van der Waals surface area contributed by atoms with Crippen molar-refractivity contribution < 1.29 is 38.9 Å². The molecule has 37 heavy (non-hydrogen) atoms. The number of carboxylic acids is 2. The summed E-state index contributed by atoms with van der Waals surface area (Å²) >= 11 is 0.911. The molecule has 214 valence electrons. The first-order chi connectivity index (χ1) is 17.6. The van der Waals surface area contributed by atoms with Crippen molar-refractivity contribution in [3.8, 4) is 0 Å². The van der Waals surface area contributed by atoms with E-state index in [1.165, 1.54) is 44.9 Å². The topological polar surface area (TPSA) is 199 Å². The molecule has 0 spiro atoms. The first kappa shape index (κ1) is 34.7. The minimum absolute atomic E-state index is 0.0720. The highest BCUT2D eigenvalue weighted by atomic mass is 32.2. The van der Waals surface area contributed by atoms with E-state index in [0.29, 0.717) is 6.42 Å². The zero-order valence-electron chi connectivity index (χ0n) is 22.0. The van der Waals surface area contributed by atoms with Crippen molar-refractivity contribution in [2.75, 3.05) is 11.5 Å². The number of carboxylic acid groups (broad SMARTS) is 2. The molecule has 0 bridgehead atoms. The number of carbonyl (C=O) groups excluding carboxylic acids is 3. The Kier molecular flexibility index (Phi) is 20.3. The maximum Gasteiger partial charge on any atom is 0.345 e. The lowest BCUT2D eigenvalue weighted by Crippen LogP contribution is -2.45. The third kappa shape index (κ3) is 19.4. The molecule has 0 aromatic rings. The summed E-state index contributed by atoms with van der Waals surface area (Å²) in [6, 6.07) is -2.41. The fourth-order valence-electron chi connectivity index (χ4n) is 3.50. The summed E-state index contributed by atoms with van der Waals surface area (Å²) in [6.45, 7) is 2.20. The fraction of sp³-hybridized carbons (Fsp3) is 0.800. The Bertz CT molecular complexity index is 707. The van der Waals surface area contributed by atoms with Gasteiger partial charge in [-0.15, -0.1) is 0 Å². The van der Waals surface area contributed by atoms with Gasteiger partial charge in [0.25, 0.3) is 0 Å². The SMILES string of the molecule is CCCCCCCCCCCCCC(=O)N[C@H](CCC(N)=O)C(=O)O[C@H](CSC[C@H](N)C(=O)O)C(=O)O. The van der Waals surface area contributed by atoms with Crippen LogP contribution in [-0.2, 0) is 28.7 Å². The van der Waals surface area contributed by atoms with E-state index in [9.17, 15) is 29.1 Å². The third-order valence-electron chi connectivity index (χ3n) is 5.72. The second-order valence-corrected chi connectivity index (χ2v) is 10.2. The van der Waals surface area contributed by atoms with Gasteiger partial charge in [0.05, 0.1) is 0 Å². The number of hydrogen-bond acceptors (Lipinski definition) is 8. The number of amides is 2. The normalized spacial score (nSPS) is 13.4. The Morgan fingerprint density at radius 2 is 1.35 bits per heavy atom. The summed E-state index contributed by atoms with van der Waals surface area (Å²) in [6.07, 6.45) is 10.8. The Balaban J connectivity index is 4.50. The summed E-state index contributed by atoms with van der Waals surface area (Å²) in [5, 5.41) is 20.7. The Labute approximate surface area is 223 Å². The van der Waals surface area contributed by atoms with E-state index in [2.05, 4.69) is 12.2 Å². The number of aliphatic carboxylic acids is 2. The molecule has 0 aromatic heterocycles. The van der Waals surface area contributed by atoms with Gasteiger partial charge in [0, 0.05) is 24.3 Å². The summed E-state index contributed by atoms with van der Waals surface area (Å²) < 4.78 is 5.05. The summed E-state index contributed by atoms with van der Waals surface area (Å²) in [7, 11) is 0. The van der Waals surface area contributed by atoms with E-state index in [-0.39, 0.29) is 30.8 Å². The Morgan fingerprint density at radius 3 is 1.84 bits per heavy atom. The van der Waals surface area contributed by atoms with Crippen LogP contribution >= 0.6 is 11.8 Å². The highest BCUT2D eigenvalue weighted by Crippen LogP contribution is 2.13. The summed E-state index contributed by atoms with van der Waals surface area (Å²) in [5.74, 6) is -5.02. The van der Waals surface area contributed by atoms with Gasteiger partial charge in [-0.05, 0) is 12.8 Å². The Hall–Kier alpha value is -2.34. The average molecular weight is 548 g/mol. The van der Waals surface area contributed by atoms with Crippen molar-refractivity contribution in [2.45, 2.75) is 115 Å². The number of carbonyl (C=O) groups is 5. The quantitative estimate of drug-likeness (QED) is 0.0883. The van der Waals surface area contributed by atoms with Gasteiger partial charge < -0.3 is 31.7 Å². The highest BCUT2D eigenvalue weighted by molar-refractivity contribution is 7.99. The molecule has 7 N–H and O–H groups in total. The predicted octanol–water partition coefficient (Wildman–Crippen LogP) is 2.58.